The van der Waals surface area contributed by atoms with Crippen LogP contribution in [-0.2, 0) is 14.3 Å². The van der Waals surface area contributed by atoms with Crippen LogP contribution in [0, 0.1) is 50.2 Å². The molecule has 0 amide bonds. The lowest BCUT2D eigenvalue weighted by molar-refractivity contribution is -0.186. The maximum absolute atomic E-state index is 13.6. The summed E-state index contributed by atoms with van der Waals surface area (Å²) in [7, 11) is 0. The van der Waals surface area contributed by atoms with E-state index >= 15 is 0 Å². The highest BCUT2D eigenvalue weighted by atomic mass is 16.5. The highest BCUT2D eigenvalue weighted by molar-refractivity contribution is 6.00. The fourth-order valence-electron chi connectivity index (χ4n) is 10.9. The monoisotopic (exact) mass is 510 g/mol. The first kappa shape index (κ1) is 27.0. The summed E-state index contributed by atoms with van der Waals surface area (Å²) in [5.74, 6) is 1.15. The molecule has 0 saturated heterocycles. The Morgan fingerprint density at radius 3 is 2.35 bits per heavy atom. The van der Waals surface area contributed by atoms with Crippen LogP contribution in [0.4, 0.5) is 0 Å². The van der Waals surface area contributed by atoms with Gasteiger partial charge in [0.1, 0.15) is 0 Å². The molecule has 5 aliphatic carbocycles. The second-order valence-corrected chi connectivity index (χ2v) is 15.5. The van der Waals surface area contributed by atoms with Crippen LogP contribution >= 0.6 is 0 Å². The van der Waals surface area contributed by atoms with Crippen molar-refractivity contribution in [2.24, 2.45) is 50.2 Å². The van der Waals surface area contributed by atoms with E-state index in [1.165, 1.54) is 5.57 Å². The number of fused-ring (bicyclic) bond motifs is 7. The minimum Gasteiger partial charge on any atom is -0.515 e. The molecule has 7 atom stereocenters. The first-order valence-electron chi connectivity index (χ1n) is 14.9. The summed E-state index contributed by atoms with van der Waals surface area (Å²) in [6.45, 7) is 18.8. The van der Waals surface area contributed by atoms with Gasteiger partial charge in [0.25, 0.3) is 0 Å². The van der Waals surface area contributed by atoms with Gasteiger partial charge < -0.3 is 9.84 Å². The molecule has 4 heteroatoms. The van der Waals surface area contributed by atoms with Crippen LogP contribution in [0.3, 0.4) is 0 Å². The lowest BCUT2D eigenvalue weighted by Crippen LogP contribution is -2.65. The summed E-state index contributed by atoms with van der Waals surface area (Å²) in [5.41, 5.74) is 1.56. The third-order valence-electron chi connectivity index (χ3n) is 13.1. The Labute approximate surface area is 224 Å². The SMILES string of the molecule is CCOC(=O)[C@]12CCC(C)(C)C[C@H]1C1=CC[C@H]3[C@@]4(C)C/C(=C/O)C(=O)C(C)(C)[C@@H]4CC[C@@]3(C)[C@]1(C)CC2. The smallest absolute Gasteiger partial charge is 0.312 e. The third kappa shape index (κ3) is 3.38. The van der Waals surface area contributed by atoms with Gasteiger partial charge in [0.05, 0.1) is 18.3 Å². The van der Waals surface area contributed by atoms with Gasteiger partial charge in [-0.2, -0.15) is 0 Å². The van der Waals surface area contributed by atoms with E-state index < -0.39 is 5.41 Å². The quantitative estimate of drug-likeness (QED) is 0.177. The van der Waals surface area contributed by atoms with Gasteiger partial charge in [-0.25, -0.2) is 0 Å². The molecule has 0 spiro atoms. The number of aliphatic hydroxyl groups is 1. The van der Waals surface area contributed by atoms with Gasteiger partial charge in [-0.05, 0) is 104 Å². The lowest BCUT2D eigenvalue weighted by Gasteiger charge is -2.70. The molecular formula is C33H50O4. The zero-order valence-electron chi connectivity index (χ0n) is 24.6. The molecule has 0 aromatic carbocycles. The van der Waals surface area contributed by atoms with Crippen LogP contribution in [0.25, 0.3) is 0 Å². The van der Waals surface area contributed by atoms with Gasteiger partial charge in [-0.3, -0.25) is 9.59 Å². The fourth-order valence-corrected chi connectivity index (χ4v) is 10.9. The van der Waals surface area contributed by atoms with E-state index in [1.807, 2.05) is 6.92 Å². The van der Waals surface area contributed by atoms with Crippen molar-refractivity contribution in [2.75, 3.05) is 6.61 Å². The average molecular weight is 511 g/mol. The molecule has 206 valence electrons. The second kappa shape index (κ2) is 8.21. The van der Waals surface area contributed by atoms with Crippen molar-refractivity contribution in [2.45, 2.75) is 113 Å². The highest BCUT2D eigenvalue weighted by Gasteiger charge is 2.69. The summed E-state index contributed by atoms with van der Waals surface area (Å²) in [5, 5.41) is 10.1. The molecule has 0 aliphatic heterocycles. The standard InChI is InChI=1S/C33H50O4/c1-9-37-27(36)33-16-14-28(2,3)19-23(33)22-10-11-25-30(6)18-21(20-34)26(35)29(4,5)24(30)12-13-32(25,8)31(22,7)15-17-33/h10,20,23-25,34H,9,11-19H2,1-8H3/b21-20-/t23-,24-,25-,30-,31+,32+,33-/m0/s1. The van der Waals surface area contributed by atoms with Crippen LogP contribution in [-0.4, -0.2) is 23.5 Å². The van der Waals surface area contributed by atoms with Crippen molar-refractivity contribution in [3.8, 4) is 0 Å². The Balaban J connectivity index is 1.61. The molecule has 0 radical (unpaired) electrons. The Morgan fingerprint density at radius 2 is 1.70 bits per heavy atom. The summed E-state index contributed by atoms with van der Waals surface area (Å²) >= 11 is 0. The van der Waals surface area contributed by atoms with Gasteiger partial charge in [-0.15, -0.1) is 0 Å². The predicted molar refractivity (Wildman–Crippen MR) is 147 cm³/mol. The summed E-state index contributed by atoms with van der Waals surface area (Å²) in [6, 6.07) is 0. The Kier molecular flexibility index (Phi) is 5.99. The number of ether oxygens (including phenoxy) is 1. The van der Waals surface area contributed by atoms with Crippen LogP contribution in [0.1, 0.15) is 113 Å². The molecule has 0 aromatic rings. The van der Waals surface area contributed by atoms with Crippen molar-refractivity contribution < 1.29 is 19.4 Å². The second-order valence-electron chi connectivity index (χ2n) is 15.5. The maximum atomic E-state index is 13.6. The van der Waals surface area contributed by atoms with Gasteiger partial charge in [0, 0.05) is 11.0 Å². The number of hydrogen-bond acceptors (Lipinski definition) is 4. The molecule has 4 saturated carbocycles. The number of hydrogen-bond donors (Lipinski definition) is 1. The predicted octanol–water partition coefficient (Wildman–Crippen LogP) is 7.97. The summed E-state index contributed by atoms with van der Waals surface area (Å²) < 4.78 is 5.77. The Bertz CT molecular complexity index is 1060. The van der Waals surface area contributed by atoms with E-state index in [2.05, 4.69) is 54.5 Å². The highest BCUT2D eigenvalue weighted by Crippen LogP contribution is 2.75. The van der Waals surface area contributed by atoms with Crippen molar-refractivity contribution in [1.82, 2.24) is 0 Å². The normalized spacial score (nSPS) is 47.1. The molecular weight excluding hydrogens is 460 g/mol. The van der Waals surface area contributed by atoms with Crippen LogP contribution < -0.4 is 0 Å². The number of ketones is 1. The zero-order chi connectivity index (χ0) is 27.2. The van der Waals surface area contributed by atoms with Crippen LogP contribution in [0.5, 0.6) is 0 Å². The summed E-state index contributed by atoms with van der Waals surface area (Å²) in [6.07, 6.45) is 12.4. The van der Waals surface area contributed by atoms with Gasteiger partial charge in [0.2, 0.25) is 0 Å². The largest absolute Gasteiger partial charge is 0.515 e. The molecule has 5 aliphatic rings. The molecule has 4 nitrogen and oxygen atoms in total. The maximum Gasteiger partial charge on any atom is 0.312 e. The van der Waals surface area contributed by atoms with Crippen molar-refractivity contribution >= 4 is 11.8 Å². The van der Waals surface area contributed by atoms with E-state index in [0.29, 0.717) is 30.4 Å². The first-order valence-corrected chi connectivity index (χ1v) is 14.9. The number of carbonyl (C=O) groups excluding carboxylic acids is 2. The van der Waals surface area contributed by atoms with E-state index in [-0.39, 0.29) is 44.7 Å². The molecule has 4 fully saturated rings. The molecule has 0 unspecified atom stereocenters. The van der Waals surface area contributed by atoms with Crippen molar-refractivity contribution in [3.05, 3.63) is 23.5 Å². The number of Topliss-reactive ketones (excluding diaryl/α,β-unsaturated/α-hetero) is 1. The zero-order valence-corrected chi connectivity index (χ0v) is 24.6. The number of carbonyl (C=O) groups is 2. The molecule has 0 bridgehead atoms. The Morgan fingerprint density at radius 1 is 1.03 bits per heavy atom. The molecule has 0 aromatic heterocycles. The number of esters is 1. The van der Waals surface area contributed by atoms with Crippen LogP contribution in [0.15, 0.2) is 23.5 Å². The van der Waals surface area contributed by atoms with Gasteiger partial charge >= 0.3 is 5.97 Å². The molecule has 5 rings (SSSR count). The minimum absolute atomic E-state index is 0.0205. The minimum atomic E-state index is -0.465. The third-order valence-corrected chi connectivity index (χ3v) is 13.1. The number of aliphatic hydroxyl groups excluding tert-OH is 1. The average Bonchev–Trinajstić information content (AvgIpc) is 2.81. The first-order chi connectivity index (χ1) is 17.1. The van der Waals surface area contributed by atoms with E-state index in [4.69, 9.17) is 4.74 Å². The topological polar surface area (TPSA) is 63.6 Å². The van der Waals surface area contributed by atoms with E-state index in [1.54, 1.807) is 0 Å². The summed E-state index contributed by atoms with van der Waals surface area (Å²) in [4.78, 5) is 26.9. The van der Waals surface area contributed by atoms with Gasteiger partial charge in [0.15, 0.2) is 5.78 Å². The Hall–Kier alpha value is -1.58. The van der Waals surface area contributed by atoms with Crippen molar-refractivity contribution in [3.63, 3.8) is 0 Å². The number of allylic oxidation sites excluding steroid dienone is 3. The molecule has 37 heavy (non-hydrogen) atoms. The van der Waals surface area contributed by atoms with Crippen LogP contribution in [0.2, 0.25) is 0 Å². The van der Waals surface area contributed by atoms with Gasteiger partial charge in [-0.1, -0.05) is 60.1 Å². The van der Waals surface area contributed by atoms with Crippen molar-refractivity contribution in [1.29, 1.82) is 0 Å². The fraction of sp³-hybridized carbons (Fsp3) is 0.818. The number of rotatable bonds is 2. The van der Waals surface area contributed by atoms with E-state index in [0.717, 1.165) is 57.6 Å². The molecule has 1 N–H and O–H groups in total. The lowest BCUT2D eigenvalue weighted by atomic mass is 9.33. The van der Waals surface area contributed by atoms with E-state index in [9.17, 15) is 14.7 Å². The molecule has 0 heterocycles.